The highest BCUT2D eigenvalue weighted by atomic mass is 16.1. The highest BCUT2D eigenvalue weighted by Gasteiger charge is 2.09. The van der Waals surface area contributed by atoms with Crippen molar-refractivity contribution in [1.29, 1.82) is 0 Å². The van der Waals surface area contributed by atoms with Crippen molar-refractivity contribution in [3.05, 3.63) is 70.5 Å². The Balaban J connectivity index is 1.95. The Hall–Kier alpha value is -2.95. The van der Waals surface area contributed by atoms with Gasteiger partial charge in [-0.1, -0.05) is 55.8 Å². The Morgan fingerprint density at radius 2 is 1.88 bits per heavy atom. The summed E-state index contributed by atoms with van der Waals surface area (Å²) in [6.45, 7) is 2.72. The minimum atomic E-state index is -0.0357. The molecule has 3 rings (SSSR count). The maximum atomic E-state index is 12.7. The van der Waals surface area contributed by atoms with E-state index in [1.807, 2.05) is 54.6 Å². The number of hydrogen-bond acceptors (Lipinski definition) is 4. The lowest BCUT2D eigenvalue weighted by Crippen LogP contribution is -2.24. The van der Waals surface area contributed by atoms with E-state index in [0.717, 1.165) is 18.4 Å². The van der Waals surface area contributed by atoms with Gasteiger partial charge >= 0.3 is 0 Å². The van der Waals surface area contributed by atoms with E-state index in [1.54, 1.807) is 10.8 Å². The van der Waals surface area contributed by atoms with Gasteiger partial charge in [0.25, 0.3) is 5.56 Å². The number of anilines is 1. The molecule has 5 heteroatoms. The van der Waals surface area contributed by atoms with Gasteiger partial charge in [0.1, 0.15) is 0 Å². The molecule has 1 aromatic heterocycles. The summed E-state index contributed by atoms with van der Waals surface area (Å²) >= 11 is 0. The molecule has 5 nitrogen and oxygen atoms in total. The lowest BCUT2D eigenvalue weighted by molar-refractivity contribution is 0.614. The second-order valence-corrected chi connectivity index (χ2v) is 5.54. The van der Waals surface area contributed by atoms with Gasteiger partial charge in [0.05, 0.1) is 17.1 Å². The number of hydrazone groups is 1. The Kier molecular flexibility index (Phi) is 5.01. The van der Waals surface area contributed by atoms with Crippen molar-refractivity contribution in [3.8, 4) is 0 Å². The predicted molar refractivity (Wildman–Crippen MR) is 98.6 cm³/mol. The molecule has 1 heterocycles. The zero-order valence-electron chi connectivity index (χ0n) is 13.6. The SMILES string of the molecule is CCCCn1c(N/N=C/c2ccccc2)nc2ccccc2c1=O. The first-order valence-electron chi connectivity index (χ1n) is 8.13. The molecule has 0 aliphatic rings. The monoisotopic (exact) mass is 320 g/mol. The van der Waals surface area contributed by atoms with Crippen LogP contribution in [0.25, 0.3) is 10.9 Å². The molecule has 0 aliphatic carbocycles. The van der Waals surface area contributed by atoms with Gasteiger partial charge in [0.15, 0.2) is 0 Å². The molecule has 24 heavy (non-hydrogen) atoms. The molecule has 0 fully saturated rings. The Morgan fingerprint density at radius 3 is 2.67 bits per heavy atom. The molecule has 0 saturated carbocycles. The molecule has 0 aliphatic heterocycles. The topological polar surface area (TPSA) is 59.3 Å². The fraction of sp³-hybridized carbons (Fsp3) is 0.211. The molecular formula is C19H20N4O. The quantitative estimate of drug-likeness (QED) is 0.557. The van der Waals surface area contributed by atoms with E-state index in [1.165, 1.54) is 0 Å². The van der Waals surface area contributed by atoms with Gasteiger partial charge < -0.3 is 0 Å². The molecule has 0 spiro atoms. The zero-order chi connectivity index (χ0) is 16.8. The van der Waals surface area contributed by atoms with Gasteiger partial charge in [0.2, 0.25) is 5.95 Å². The number of hydrogen-bond donors (Lipinski definition) is 1. The van der Waals surface area contributed by atoms with E-state index in [0.29, 0.717) is 23.4 Å². The van der Waals surface area contributed by atoms with E-state index >= 15 is 0 Å². The molecule has 0 amide bonds. The highest BCUT2D eigenvalue weighted by Crippen LogP contribution is 2.12. The van der Waals surface area contributed by atoms with Gasteiger partial charge in [0, 0.05) is 6.54 Å². The third-order valence-corrected chi connectivity index (χ3v) is 3.77. The van der Waals surface area contributed by atoms with E-state index in [4.69, 9.17) is 0 Å². The van der Waals surface area contributed by atoms with Crippen molar-refractivity contribution >= 4 is 23.1 Å². The number of benzene rings is 2. The van der Waals surface area contributed by atoms with Crippen LogP contribution in [0, 0.1) is 0 Å². The number of nitrogens with one attached hydrogen (secondary N) is 1. The summed E-state index contributed by atoms with van der Waals surface area (Å²) < 4.78 is 1.66. The number of fused-ring (bicyclic) bond motifs is 1. The number of unbranched alkanes of at least 4 members (excludes halogenated alkanes) is 1. The van der Waals surface area contributed by atoms with Crippen molar-refractivity contribution in [3.63, 3.8) is 0 Å². The number of para-hydroxylation sites is 1. The van der Waals surface area contributed by atoms with Crippen molar-refractivity contribution in [2.45, 2.75) is 26.3 Å². The van der Waals surface area contributed by atoms with E-state index in [-0.39, 0.29) is 5.56 Å². The van der Waals surface area contributed by atoms with Crippen LogP contribution >= 0.6 is 0 Å². The molecule has 0 unspecified atom stereocenters. The van der Waals surface area contributed by atoms with E-state index < -0.39 is 0 Å². The van der Waals surface area contributed by atoms with Crippen molar-refractivity contribution in [1.82, 2.24) is 9.55 Å². The van der Waals surface area contributed by atoms with Crippen LogP contribution in [-0.4, -0.2) is 15.8 Å². The maximum absolute atomic E-state index is 12.7. The van der Waals surface area contributed by atoms with Gasteiger partial charge in [-0.05, 0) is 24.1 Å². The first-order valence-corrected chi connectivity index (χ1v) is 8.13. The summed E-state index contributed by atoms with van der Waals surface area (Å²) in [5.74, 6) is 0.472. The summed E-state index contributed by atoms with van der Waals surface area (Å²) in [4.78, 5) is 17.3. The van der Waals surface area contributed by atoms with Crippen LogP contribution in [0.15, 0.2) is 64.5 Å². The fourth-order valence-corrected chi connectivity index (χ4v) is 2.48. The molecule has 2 aromatic carbocycles. The van der Waals surface area contributed by atoms with Crippen LogP contribution in [-0.2, 0) is 6.54 Å². The number of nitrogens with zero attached hydrogens (tertiary/aromatic N) is 3. The largest absolute Gasteiger partial charge is 0.277 e. The standard InChI is InChI=1S/C19H20N4O/c1-2-3-13-23-18(24)16-11-7-8-12-17(16)21-19(23)22-20-14-15-9-5-4-6-10-15/h4-12,14H,2-3,13H2,1H3,(H,21,22)/b20-14+. The van der Waals surface area contributed by atoms with Crippen LogP contribution in [0.1, 0.15) is 25.3 Å². The van der Waals surface area contributed by atoms with Gasteiger partial charge in [-0.25, -0.2) is 10.4 Å². The van der Waals surface area contributed by atoms with E-state index in [9.17, 15) is 4.79 Å². The van der Waals surface area contributed by atoms with Gasteiger partial charge in [-0.2, -0.15) is 5.10 Å². The molecular weight excluding hydrogens is 300 g/mol. The van der Waals surface area contributed by atoms with Crippen LogP contribution in [0.5, 0.6) is 0 Å². The second-order valence-electron chi connectivity index (χ2n) is 5.54. The van der Waals surface area contributed by atoms with E-state index in [2.05, 4.69) is 22.4 Å². The molecule has 0 atom stereocenters. The lowest BCUT2D eigenvalue weighted by atomic mass is 10.2. The summed E-state index contributed by atoms with van der Waals surface area (Å²) in [5, 5.41) is 4.86. The van der Waals surface area contributed by atoms with Crippen LogP contribution in [0.3, 0.4) is 0 Å². The van der Waals surface area contributed by atoms with Crippen LogP contribution < -0.4 is 11.0 Å². The molecule has 0 bridgehead atoms. The maximum Gasteiger partial charge on any atom is 0.262 e. The summed E-state index contributed by atoms with van der Waals surface area (Å²) in [6, 6.07) is 17.2. The molecule has 3 aromatic rings. The first-order chi connectivity index (χ1) is 11.8. The Labute approximate surface area is 140 Å². The second kappa shape index (κ2) is 7.55. The Morgan fingerprint density at radius 1 is 1.12 bits per heavy atom. The van der Waals surface area contributed by atoms with Crippen LogP contribution in [0.2, 0.25) is 0 Å². The smallest absolute Gasteiger partial charge is 0.262 e. The Bertz CT molecular complexity index is 900. The van der Waals surface area contributed by atoms with Crippen molar-refractivity contribution < 1.29 is 0 Å². The molecule has 0 saturated heterocycles. The van der Waals surface area contributed by atoms with Crippen LogP contribution in [0.4, 0.5) is 5.95 Å². The summed E-state index contributed by atoms with van der Waals surface area (Å²) in [6.07, 6.45) is 3.63. The average Bonchev–Trinajstić information content (AvgIpc) is 2.62. The van der Waals surface area contributed by atoms with Gasteiger partial charge in [-0.3, -0.25) is 9.36 Å². The van der Waals surface area contributed by atoms with Gasteiger partial charge in [-0.15, -0.1) is 0 Å². The fourth-order valence-electron chi connectivity index (χ4n) is 2.48. The summed E-state index contributed by atoms with van der Waals surface area (Å²) in [5.41, 5.74) is 4.54. The zero-order valence-corrected chi connectivity index (χ0v) is 13.6. The normalized spacial score (nSPS) is 11.2. The third-order valence-electron chi connectivity index (χ3n) is 3.77. The van der Waals surface area contributed by atoms with Crippen molar-refractivity contribution in [2.75, 3.05) is 5.43 Å². The number of rotatable bonds is 6. The lowest BCUT2D eigenvalue weighted by Gasteiger charge is -2.12. The molecule has 122 valence electrons. The average molecular weight is 320 g/mol. The molecule has 0 radical (unpaired) electrons. The van der Waals surface area contributed by atoms with Crippen molar-refractivity contribution in [2.24, 2.45) is 5.10 Å². The third kappa shape index (κ3) is 3.51. The molecule has 1 N–H and O–H groups in total. The predicted octanol–water partition coefficient (Wildman–Crippen LogP) is 3.64. The first kappa shape index (κ1) is 15.9. The summed E-state index contributed by atoms with van der Waals surface area (Å²) in [7, 11) is 0. The minimum Gasteiger partial charge on any atom is -0.277 e. The number of aromatic nitrogens is 2. The minimum absolute atomic E-state index is 0.0357. The highest BCUT2D eigenvalue weighted by molar-refractivity contribution is 5.80.